The van der Waals surface area contributed by atoms with Gasteiger partial charge in [-0.1, -0.05) is 24.1 Å². The van der Waals surface area contributed by atoms with Gasteiger partial charge in [-0.2, -0.15) is 4.31 Å². The first-order valence-electron chi connectivity index (χ1n) is 8.80. The molecule has 148 valence electrons. The Morgan fingerprint density at radius 2 is 1.85 bits per heavy atom. The van der Waals surface area contributed by atoms with Crippen molar-refractivity contribution >= 4 is 33.4 Å². The minimum atomic E-state index is -3.64. The van der Waals surface area contributed by atoms with E-state index in [0.29, 0.717) is 24.4 Å². The molecule has 1 saturated heterocycles. The highest BCUT2D eigenvalue weighted by atomic mass is 35.5. The molecular weight excluding hydrogens is 390 g/mol. The molecule has 9 heteroatoms. The molecule has 2 N–H and O–H groups in total. The van der Waals surface area contributed by atoms with Crippen LogP contribution in [0.2, 0.25) is 5.02 Å². The van der Waals surface area contributed by atoms with Crippen LogP contribution in [-0.4, -0.2) is 50.2 Å². The number of rotatable bonds is 7. The number of benzene rings is 1. The molecular formula is C18H24ClN3O4S. The molecule has 2 amide bonds. The zero-order chi connectivity index (χ0) is 19.9. The average Bonchev–Trinajstić information content (AvgIpc) is 2.66. The van der Waals surface area contributed by atoms with E-state index in [-0.39, 0.29) is 24.0 Å². The minimum absolute atomic E-state index is 0.201. The zero-order valence-corrected chi connectivity index (χ0v) is 16.6. The van der Waals surface area contributed by atoms with Gasteiger partial charge in [0.1, 0.15) is 0 Å². The average molecular weight is 414 g/mol. The predicted molar refractivity (Wildman–Crippen MR) is 104 cm³/mol. The topological polar surface area (TPSA) is 95.6 Å². The van der Waals surface area contributed by atoms with E-state index in [2.05, 4.69) is 17.2 Å². The van der Waals surface area contributed by atoms with Crippen LogP contribution in [0.15, 0.2) is 41.8 Å². The van der Waals surface area contributed by atoms with Crippen molar-refractivity contribution in [1.29, 1.82) is 0 Å². The molecule has 1 aromatic rings. The zero-order valence-electron chi connectivity index (χ0n) is 15.0. The van der Waals surface area contributed by atoms with Gasteiger partial charge in [-0.25, -0.2) is 8.42 Å². The van der Waals surface area contributed by atoms with Crippen LogP contribution in [0.25, 0.3) is 0 Å². The number of nitrogens with one attached hydrogen (secondary N) is 2. The summed E-state index contributed by atoms with van der Waals surface area (Å²) in [5, 5.41) is 5.40. The highest BCUT2D eigenvalue weighted by Gasteiger charge is 2.33. The lowest BCUT2D eigenvalue weighted by molar-refractivity contribution is -0.139. The van der Waals surface area contributed by atoms with Crippen molar-refractivity contribution in [3.05, 3.63) is 41.9 Å². The standard InChI is InChI=1S/C18H24ClN3O4S/c1-2-11-20-17(23)18(24)21-12-10-15-5-3-4-13-22(15)27(25,26)16-8-6-14(19)7-9-16/h2,6-9,15H,1,3-5,10-13H2,(H,20,23)(H,21,24)/t15-/m0/s1. The van der Waals surface area contributed by atoms with Crippen molar-refractivity contribution < 1.29 is 18.0 Å². The molecule has 2 rings (SSSR count). The van der Waals surface area contributed by atoms with E-state index in [1.54, 1.807) is 12.1 Å². The smallest absolute Gasteiger partial charge is 0.309 e. The first kappa shape index (κ1) is 21.4. The molecule has 1 atom stereocenters. The number of hydrogen-bond acceptors (Lipinski definition) is 4. The largest absolute Gasteiger partial charge is 0.348 e. The second kappa shape index (κ2) is 9.87. The molecule has 0 bridgehead atoms. The van der Waals surface area contributed by atoms with Crippen LogP contribution in [0.3, 0.4) is 0 Å². The minimum Gasteiger partial charge on any atom is -0.348 e. The van der Waals surface area contributed by atoms with Crippen LogP contribution >= 0.6 is 11.6 Å². The molecule has 7 nitrogen and oxygen atoms in total. The molecule has 0 spiro atoms. The lowest BCUT2D eigenvalue weighted by Gasteiger charge is -2.34. The third-order valence-corrected chi connectivity index (χ3v) is 6.59. The van der Waals surface area contributed by atoms with Gasteiger partial charge >= 0.3 is 11.8 Å². The number of hydrogen-bond donors (Lipinski definition) is 2. The summed E-state index contributed by atoms with van der Waals surface area (Å²) >= 11 is 5.84. The Labute approximate surface area is 164 Å². The second-order valence-electron chi connectivity index (χ2n) is 6.26. The van der Waals surface area contributed by atoms with E-state index in [9.17, 15) is 18.0 Å². The fraction of sp³-hybridized carbons (Fsp3) is 0.444. The summed E-state index contributed by atoms with van der Waals surface area (Å²) in [5.74, 6) is -1.47. The summed E-state index contributed by atoms with van der Waals surface area (Å²) in [7, 11) is -3.64. The Bertz CT molecular complexity index is 780. The normalized spacial score (nSPS) is 17.9. The molecule has 0 radical (unpaired) electrons. The van der Waals surface area contributed by atoms with Crippen molar-refractivity contribution in [3.63, 3.8) is 0 Å². The maximum atomic E-state index is 13.0. The molecule has 1 aromatic carbocycles. The number of amides is 2. The van der Waals surface area contributed by atoms with Gasteiger partial charge in [0.2, 0.25) is 10.0 Å². The summed E-state index contributed by atoms with van der Waals surface area (Å²) in [5.41, 5.74) is 0. The van der Waals surface area contributed by atoms with Gasteiger partial charge in [0, 0.05) is 30.7 Å². The molecule has 0 aromatic heterocycles. The molecule has 0 aliphatic carbocycles. The van der Waals surface area contributed by atoms with E-state index in [0.717, 1.165) is 12.8 Å². The van der Waals surface area contributed by atoms with Crippen molar-refractivity contribution in [1.82, 2.24) is 14.9 Å². The second-order valence-corrected chi connectivity index (χ2v) is 8.59. The molecule has 1 aliphatic rings. The molecule has 27 heavy (non-hydrogen) atoms. The highest BCUT2D eigenvalue weighted by molar-refractivity contribution is 7.89. The number of nitrogens with zero attached hydrogens (tertiary/aromatic N) is 1. The number of carbonyl (C=O) groups excluding carboxylic acids is 2. The van der Waals surface area contributed by atoms with Crippen LogP contribution in [0.4, 0.5) is 0 Å². The van der Waals surface area contributed by atoms with Gasteiger partial charge in [-0.05, 0) is 43.5 Å². The van der Waals surface area contributed by atoms with Crippen LogP contribution in [-0.2, 0) is 19.6 Å². The molecule has 0 saturated carbocycles. The summed E-state index contributed by atoms with van der Waals surface area (Å²) in [4.78, 5) is 23.5. The fourth-order valence-electron chi connectivity index (χ4n) is 3.00. The van der Waals surface area contributed by atoms with Crippen molar-refractivity contribution in [2.45, 2.75) is 36.6 Å². The third kappa shape index (κ3) is 5.79. The van der Waals surface area contributed by atoms with Gasteiger partial charge in [0.05, 0.1) is 4.90 Å². The van der Waals surface area contributed by atoms with Crippen LogP contribution in [0.1, 0.15) is 25.7 Å². The van der Waals surface area contributed by atoms with Gasteiger partial charge in [-0.3, -0.25) is 9.59 Å². The summed E-state index contributed by atoms with van der Waals surface area (Å²) < 4.78 is 27.4. The van der Waals surface area contributed by atoms with E-state index in [4.69, 9.17) is 11.6 Å². The van der Waals surface area contributed by atoms with E-state index in [1.807, 2.05) is 0 Å². The Morgan fingerprint density at radius 3 is 2.52 bits per heavy atom. The van der Waals surface area contributed by atoms with Crippen molar-refractivity contribution in [3.8, 4) is 0 Å². The molecule has 0 unspecified atom stereocenters. The summed E-state index contributed by atoms with van der Waals surface area (Å²) in [6, 6.07) is 5.87. The quantitative estimate of drug-likeness (QED) is 0.525. The molecule has 1 fully saturated rings. The predicted octanol–water partition coefficient (Wildman–Crippen LogP) is 1.69. The lowest BCUT2D eigenvalue weighted by atomic mass is 10.0. The highest BCUT2D eigenvalue weighted by Crippen LogP contribution is 2.27. The maximum absolute atomic E-state index is 13.0. The Kier molecular flexibility index (Phi) is 7.82. The number of halogens is 1. The van der Waals surface area contributed by atoms with Crippen molar-refractivity contribution in [2.75, 3.05) is 19.6 Å². The van der Waals surface area contributed by atoms with E-state index >= 15 is 0 Å². The number of sulfonamides is 1. The monoisotopic (exact) mass is 413 g/mol. The lowest BCUT2D eigenvalue weighted by Crippen LogP contribution is -2.46. The van der Waals surface area contributed by atoms with Gasteiger partial charge < -0.3 is 10.6 Å². The third-order valence-electron chi connectivity index (χ3n) is 4.37. The first-order valence-corrected chi connectivity index (χ1v) is 10.6. The van der Waals surface area contributed by atoms with E-state index < -0.39 is 21.8 Å². The fourth-order valence-corrected chi connectivity index (χ4v) is 4.85. The summed E-state index contributed by atoms with van der Waals surface area (Å²) in [6.07, 6.45) is 4.34. The Morgan fingerprint density at radius 1 is 1.19 bits per heavy atom. The van der Waals surface area contributed by atoms with Crippen molar-refractivity contribution in [2.24, 2.45) is 0 Å². The Hall–Kier alpha value is -1.90. The van der Waals surface area contributed by atoms with Gasteiger partial charge in [0.15, 0.2) is 0 Å². The number of piperidine rings is 1. The molecule has 1 heterocycles. The molecule has 1 aliphatic heterocycles. The number of carbonyl (C=O) groups is 2. The summed E-state index contributed by atoms with van der Waals surface area (Å²) in [6.45, 7) is 4.32. The SMILES string of the molecule is C=CCNC(=O)C(=O)NCC[C@@H]1CCCCN1S(=O)(=O)c1ccc(Cl)cc1. The maximum Gasteiger partial charge on any atom is 0.309 e. The first-order chi connectivity index (χ1) is 12.9. The van der Waals surface area contributed by atoms with Crippen LogP contribution in [0.5, 0.6) is 0 Å². The van der Waals surface area contributed by atoms with E-state index in [1.165, 1.54) is 22.5 Å². The van der Waals surface area contributed by atoms with Gasteiger partial charge in [0.25, 0.3) is 0 Å². The Balaban J connectivity index is 1.98. The van der Waals surface area contributed by atoms with Gasteiger partial charge in [-0.15, -0.1) is 6.58 Å². The van der Waals surface area contributed by atoms with Crippen LogP contribution < -0.4 is 10.6 Å². The van der Waals surface area contributed by atoms with Crippen LogP contribution in [0, 0.1) is 0 Å².